The maximum atomic E-state index is 13.2. The van der Waals surface area contributed by atoms with Gasteiger partial charge in [0.05, 0.1) is 34.2 Å². The summed E-state index contributed by atoms with van der Waals surface area (Å²) >= 11 is 0. The quantitative estimate of drug-likeness (QED) is 0.524. The maximum absolute atomic E-state index is 13.2. The van der Waals surface area contributed by atoms with E-state index in [-0.39, 0.29) is 0 Å². The molecule has 0 saturated heterocycles. The summed E-state index contributed by atoms with van der Waals surface area (Å²) in [5.74, 6) is -0.836. The van der Waals surface area contributed by atoms with Gasteiger partial charge in [-0.25, -0.2) is 4.68 Å². The van der Waals surface area contributed by atoms with E-state index in [9.17, 15) is 18.0 Å². The number of nitrogens with one attached hydrogen (secondary N) is 1. The molecule has 0 aliphatic heterocycles. The van der Waals surface area contributed by atoms with E-state index in [0.29, 0.717) is 11.4 Å². The molecule has 4 rings (SSSR count). The van der Waals surface area contributed by atoms with Gasteiger partial charge in [-0.05, 0) is 30.3 Å². The van der Waals surface area contributed by atoms with Gasteiger partial charge < -0.3 is 5.32 Å². The van der Waals surface area contributed by atoms with Gasteiger partial charge in [-0.2, -0.15) is 18.3 Å². The van der Waals surface area contributed by atoms with E-state index in [4.69, 9.17) is 0 Å². The molecule has 0 atom stereocenters. The number of halogens is 3. The number of rotatable bonds is 3. The van der Waals surface area contributed by atoms with Crippen LogP contribution in [0, 0.1) is 0 Å². The zero-order valence-electron chi connectivity index (χ0n) is 14.4. The molecule has 0 radical (unpaired) electrons. The van der Waals surface area contributed by atoms with Crippen LogP contribution in [0.2, 0.25) is 0 Å². The first-order valence-corrected chi connectivity index (χ1v) is 8.45. The van der Waals surface area contributed by atoms with Crippen molar-refractivity contribution in [2.24, 2.45) is 0 Å². The van der Waals surface area contributed by atoms with Gasteiger partial charge >= 0.3 is 6.18 Å². The molecule has 28 heavy (non-hydrogen) atoms. The van der Waals surface area contributed by atoms with E-state index >= 15 is 0 Å². The summed E-state index contributed by atoms with van der Waals surface area (Å²) in [6.07, 6.45) is -2.93. The lowest BCUT2D eigenvalue weighted by Crippen LogP contribution is -2.19. The van der Waals surface area contributed by atoms with Crippen LogP contribution in [-0.2, 0) is 6.18 Å². The number of hydrogen-bond donors (Lipinski definition) is 1. The molecule has 4 nitrogen and oxygen atoms in total. The fourth-order valence-corrected chi connectivity index (χ4v) is 3.05. The monoisotopic (exact) mass is 381 g/mol. The summed E-state index contributed by atoms with van der Waals surface area (Å²) in [5.41, 5.74) is 0.324. The van der Waals surface area contributed by atoms with Crippen molar-refractivity contribution in [2.45, 2.75) is 6.18 Å². The molecule has 1 amide bonds. The molecule has 0 fully saturated rings. The van der Waals surface area contributed by atoms with E-state index in [1.54, 1.807) is 35.1 Å². The van der Waals surface area contributed by atoms with Crippen molar-refractivity contribution in [2.75, 3.05) is 5.32 Å². The topological polar surface area (TPSA) is 46.9 Å². The van der Waals surface area contributed by atoms with Gasteiger partial charge in [-0.15, -0.1) is 0 Å². The molecule has 0 saturated carbocycles. The van der Waals surface area contributed by atoms with E-state index < -0.39 is 23.2 Å². The van der Waals surface area contributed by atoms with Crippen molar-refractivity contribution in [1.29, 1.82) is 0 Å². The molecule has 3 aromatic carbocycles. The predicted octanol–water partition coefficient (Wildman–Crippen LogP) is 5.30. The predicted molar refractivity (Wildman–Crippen MR) is 100 cm³/mol. The highest BCUT2D eigenvalue weighted by Crippen LogP contribution is 2.32. The minimum absolute atomic E-state index is 0.360. The lowest BCUT2D eigenvalue weighted by molar-refractivity contribution is -0.137. The summed E-state index contributed by atoms with van der Waals surface area (Å²) < 4.78 is 41.3. The van der Waals surface area contributed by atoms with Gasteiger partial charge in [0.1, 0.15) is 0 Å². The largest absolute Gasteiger partial charge is 0.417 e. The van der Waals surface area contributed by atoms with Crippen LogP contribution in [0.5, 0.6) is 0 Å². The van der Waals surface area contributed by atoms with Crippen molar-refractivity contribution in [3.05, 3.63) is 90.1 Å². The van der Waals surface area contributed by atoms with Gasteiger partial charge in [0.2, 0.25) is 0 Å². The van der Waals surface area contributed by atoms with Crippen LogP contribution in [0.3, 0.4) is 0 Å². The normalized spacial score (nSPS) is 11.5. The molecule has 4 aromatic rings. The number of carbonyl (C=O) groups excluding carboxylic acids is 1. The Kier molecular flexibility index (Phi) is 4.35. The van der Waals surface area contributed by atoms with Crippen LogP contribution >= 0.6 is 0 Å². The van der Waals surface area contributed by atoms with Crippen LogP contribution in [0.25, 0.3) is 16.6 Å². The number of benzene rings is 3. The average molecular weight is 381 g/mol. The molecular formula is C21H14F3N3O. The first-order valence-electron chi connectivity index (χ1n) is 8.45. The number of amides is 1. The Hall–Kier alpha value is -3.61. The SMILES string of the molecule is O=C(Nc1ccccc1-n1ncc2ccccc21)c1ccccc1C(F)(F)F. The standard InChI is InChI=1S/C21H14F3N3O/c22-21(23,24)16-9-3-2-8-15(16)20(28)26-17-10-4-6-12-19(17)27-18-11-5-1-7-14(18)13-25-27/h1-13H,(H,26,28). The molecule has 0 aliphatic rings. The molecular weight excluding hydrogens is 367 g/mol. The molecule has 7 heteroatoms. The Morgan fingerprint density at radius 1 is 0.893 bits per heavy atom. The average Bonchev–Trinajstić information content (AvgIpc) is 3.12. The molecule has 1 heterocycles. The summed E-state index contributed by atoms with van der Waals surface area (Å²) in [7, 11) is 0. The van der Waals surface area contributed by atoms with Crippen LogP contribution in [0.4, 0.5) is 18.9 Å². The van der Waals surface area contributed by atoms with Gasteiger partial charge in [0, 0.05) is 5.39 Å². The summed E-state index contributed by atoms with van der Waals surface area (Å²) in [4.78, 5) is 12.6. The van der Waals surface area contributed by atoms with Gasteiger partial charge in [-0.1, -0.05) is 42.5 Å². The van der Waals surface area contributed by atoms with Crippen molar-refractivity contribution in [3.8, 4) is 5.69 Å². The van der Waals surface area contributed by atoms with Crippen LogP contribution in [-0.4, -0.2) is 15.7 Å². The summed E-state index contributed by atoms with van der Waals surface area (Å²) in [6, 6.07) is 19.1. The highest BCUT2D eigenvalue weighted by atomic mass is 19.4. The second-order valence-corrected chi connectivity index (χ2v) is 6.13. The highest BCUT2D eigenvalue weighted by molar-refractivity contribution is 6.06. The van der Waals surface area contributed by atoms with E-state index in [2.05, 4.69) is 10.4 Å². The van der Waals surface area contributed by atoms with E-state index in [1.807, 2.05) is 24.3 Å². The zero-order valence-corrected chi connectivity index (χ0v) is 14.4. The zero-order chi connectivity index (χ0) is 19.7. The van der Waals surface area contributed by atoms with E-state index in [1.165, 1.54) is 12.1 Å². The Morgan fingerprint density at radius 2 is 1.57 bits per heavy atom. The van der Waals surface area contributed by atoms with Crippen LogP contribution < -0.4 is 5.32 Å². The van der Waals surface area contributed by atoms with E-state index in [0.717, 1.165) is 23.0 Å². The van der Waals surface area contributed by atoms with Crippen molar-refractivity contribution in [3.63, 3.8) is 0 Å². The Bertz CT molecular complexity index is 1160. The number of nitrogens with zero attached hydrogens (tertiary/aromatic N) is 2. The molecule has 0 spiro atoms. The molecule has 0 aliphatic carbocycles. The summed E-state index contributed by atoms with van der Waals surface area (Å²) in [5, 5.41) is 7.85. The van der Waals surface area contributed by atoms with Crippen molar-refractivity contribution < 1.29 is 18.0 Å². The number of para-hydroxylation sites is 3. The summed E-state index contributed by atoms with van der Waals surface area (Å²) in [6.45, 7) is 0. The molecule has 0 unspecified atom stereocenters. The minimum Gasteiger partial charge on any atom is -0.320 e. The number of hydrogen-bond acceptors (Lipinski definition) is 2. The lowest BCUT2D eigenvalue weighted by Gasteiger charge is -2.15. The Labute approximate surface area is 158 Å². The third kappa shape index (κ3) is 3.22. The third-order valence-electron chi connectivity index (χ3n) is 4.33. The lowest BCUT2D eigenvalue weighted by atomic mass is 10.1. The first-order chi connectivity index (χ1) is 13.4. The van der Waals surface area contributed by atoms with Crippen LogP contribution in [0.1, 0.15) is 15.9 Å². The Morgan fingerprint density at radius 3 is 2.39 bits per heavy atom. The van der Waals surface area contributed by atoms with Gasteiger partial charge in [-0.3, -0.25) is 4.79 Å². The van der Waals surface area contributed by atoms with Gasteiger partial charge in [0.25, 0.3) is 5.91 Å². The molecule has 0 bridgehead atoms. The fourth-order valence-electron chi connectivity index (χ4n) is 3.05. The second-order valence-electron chi connectivity index (χ2n) is 6.13. The third-order valence-corrected chi connectivity index (χ3v) is 4.33. The fraction of sp³-hybridized carbons (Fsp3) is 0.0476. The number of carbonyl (C=O) groups is 1. The first kappa shape index (κ1) is 17.8. The number of fused-ring (bicyclic) bond motifs is 1. The number of anilines is 1. The number of aromatic nitrogens is 2. The van der Waals surface area contributed by atoms with Crippen molar-refractivity contribution >= 4 is 22.5 Å². The van der Waals surface area contributed by atoms with Crippen molar-refractivity contribution in [1.82, 2.24) is 9.78 Å². The minimum atomic E-state index is -4.62. The Balaban J connectivity index is 1.74. The highest BCUT2D eigenvalue weighted by Gasteiger charge is 2.34. The molecule has 140 valence electrons. The second kappa shape index (κ2) is 6.84. The maximum Gasteiger partial charge on any atom is 0.417 e. The van der Waals surface area contributed by atoms with Crippen LogP contribution in [0.15, 0.2) is 79.0 Å². The number of alkyl halides is 3. The van der Waals surface area contributed by atoms with Gasteiger partial charge in [0.15, 0.2) is 0 Å². The molecule has 1 N–H and O–H groups in total. The molecule has 1 aromatic heterocycles. The smallest absolute Gasteiger partial charge is 0.320 e.